The van der Waals surface area contributed by atoms with Gasteiger partial charge in [-0.15, -0.1) is 0 Å². The molecule has 0 radical (unpaired) electrons. The number of aromatic nitrogens is 1. The summed E-state index contributed by atoms with van der Waals surface area (Å²) in [7, 11) is 1.55. The highest BCUT2D eigenvalue weighted by Gasteiger charge is 2.37. The van der Waals surface area contributed by atoms with Crippen LogP contribution in [0.25, 0.3) is 11.0 Å². The van der Waals surface area contributed by atoms with Crippen molar-refractivity contribution in [3.63, 3.8) is 0 Å². The van der Waals surface area contributed by atoms with Crippen molar-refractivity contribution in [1.82, 2.24) is 5.16 Å². The van der Waals surface area contributed by atoms with Crippen molar-refractivity contribution in [2.24, 2.45) is 0 Å². The zero-order chi connectivity index (χ0) is 29.5. The molecule has 0 N–H and O–H groups in total. The van der Waals surface area contributed by atoms with E-state index in [1.807, 2.05) is 30.3 Å². The zero-order valence-electron chi connectivity index (χ0n) is 24.0. The third-order valence-corrected chi connectivity index (χ3v) is 8.05. The first-order chi connectivity index (χ1) is 20.4. The lowest BCUT2D eigenvalue weighted by molar-refractivity contribution is -0.948. The Labute approximate surface area is 244 Å². The van der Waals surface area contributed by atoms with Crippen molar-refractivity contribution in [1.29, 1.82) is 0 Å². The number of piperidine rings is 1. The van der Waals surface area contributed by atoms with Gasteiger partial charge in [0.25, 0.3) is 0 Å². The minimum absolute atomic E-state index is 0.0395. The highest BCUT2D eigenvalue weighted by atomic mass is 19.1. The molecule has 220 valence electrons. The van der Waals surface area contributed by atoms with Crippen LogP contribution < -0.4 is 9.47 Å². The van der Waals surface area contributed by atoms with Gasteiger partial charge in [0.1, 0.15) is 5.82 Å². The van der Waals surface area contributed by atoms with E-state index in [1.54, 1.807) is 31.4 Å². The summed E-state index contributed by atoms with van der Waals surface area (Å²) >= 11 is 0. The number of hydrogen-bond acceptors (Lipinski definition) is 7. The number of nitrogens with zero attached hydrogens (tertiary/aromatic N) is 2. The van der Waals surface area contributed by atoms with Gasteiger partial charge in [0, 0.05) is 42.2 Å². The number of likely N-dealkylation sites (tertiary alicyclic amines) is 1. The Bertz CT molecular complexity index is 1530. The Morgan fingerprint density at radius 2 is 1.81 bits per heavy atom. The van der Waals surface area contributed by atoms with Crippen LogP contribution in [0.3, 0.4) is 0 Å². The summed E-state index contributed by atoms with van der Waals surface area (Å²) in [4.78, 5) is 24.5. The number of methoxy groups -OCH3 is 1. The van der Waals surface area contributed by atoms with E-state index in [1.165, 1.54) is 19.1 Å². The van der Waals surface area contributed by atoms with Gasteiger partial charge in [-0.05, 0) is 42.8 Å². The van der Waals surface area contributed by atoms with E-state index in [0.717, 1.165) is 55.5 Å². The minimum atomic E-state index is -0.350. The summed E-state index contributed by atoms with van der Waals surface area (Å²) in [5.41, 5.74) is 2.79. The molecule has 9 heteroatoms. The molecule has 1 fully saturated rings. The molecular weight excluding hydrogens is 539 g/mol. The molecule has 1 aliphatic heterocycles. The number of carbonyl (C=O) groups is 2. The fourth-order valence-electron chi connectivity index (χ4n) is 5.64. The number of Topliss-reactive ketones (excluding diaryl/α,β-unsaturated/α-hetero) is 1. The third kappa shape index (κ3) is 6.97. The molecular formula is C33H36FN2O6+. The normalized spacial score (nSPS) is 18.5. The summed E-state index contributed by atoms with van der Waals surface area (Å²) in [5, 5.41) is 5.13. The molecule has 0 saturated carbocycles. The van der Waals surface area contributed by atoms with Gasteiger partial charge in [0.15, 0.2) is 22.9 Å². The number of hydrogen-bond donors (Lipinski definition) is 0. The average molecular weight is 576 g/mol. The maximum atomic E-state index is 13.7. The molecule has 0 amide bonds. The number of carbonyl (C=O) groups excluding carboxylic acids is 2. The molecule has 5 rings (SSSR count). The van der Waals surface area contributed by atoms with E-state index in [0.29, 0.717) is 33.7 Å². The van der Waals surface area contributed by atoms with E-state index in [4.69, 9.17) is 18.7 Å². The fourth-order valence-corrected chi connectivity index (χ4v) is 5.64. The third-order valence-electron chi connectivity index (χ3n) is 8.05. The van der Waals surface area contributed by atoms with Gasteiger partial charge < -0.3 is 18.7 Å². The number of quaternary nitrogens is 1. The molecule has 0 aliphatic carbocycles. The average Bonchev–Trinajstić information content (AvgIpc) is 3.42. The predicted molar refractivity (Wildman–Crippen MR) is 155 cm³/mol. The van der Waals surface area contributed by atoms with Gasteiger partial charge in [-0.3, -0.25) is 14.1 Å². The monoisotopic (exact) mass is 575 g/mol. The minimum Gasteiger partial charge on any atom is -0.493 e. The second-order valence-corrected chi connectivity index (χ2v) is 10.9. The van der Waals surface area contributed by atoms with Gasteiger partial charge in [0.05, 0.1) is 45.5 Å². The number of fused-ring (bicyclic) bond motifs is 1. The van der Waals surface area contributed by atoms with Crippen LogP contribution in [-0.2, 0) is 16.0 Å². The van der Waals surface area contributed by atoms with Crippen molar-refractivity contribution in [2.45, 2.75) is 38.5 Å². The molecule has 1 aliphatic rings. The molecule has 2 heterocycles. The first-order valence-corrected chi connectivity index (χ1v) is 14.3. The van der Waals surface area contributed by atoms with Crippen LogP contribution in [0.4, 0.5) is 4.39 Å². The van der Waals surface area contributed by atoms with Crippen LogP contribution in [0.2, 0.25) is 0 Å². The molecule has 0 atom stereocenters. The maximum Gasteiger partial charge on any atom is 0.314 e. The highest BCUT2D eigenvalue weighted by molar-refractivity contribution is 5.94. The first-order valence-electron chi connectivity index (χ1n) is 14.3. The lowest BCUT2D eigenvalue weighted by Gasteiger charge is -2.42. The summed E-state index contributed by atoms with van der Waals surface area (Å²) in [6, 6.07) is 19.3. The van der Waals surface area contributed by atoms with Gasteiger partial charge >= 0.3 is 5.97 Å². The van der Waals surface area contributed by atoms with Gasteiger partial charge in [0.2, 0.25) is 6.73 Å². The van der Waals surface area contributed by atoms with Crippen LogP contribution in [0, 0.1) is 5.82 Å². The predicted octanol–water partition coefficient (Wildman–Crippen LogP) is 6.08. The summed E-state index contributed by atoms with van der Waals surface area (Å²) in [6.07, 6.45) is 2.61. The van der Waals surface area contributed by atoms with Crippen molar-refractivity contribution < 1.29 is 37.2 Å². The smallest absolute Gasteiger partial charge is 0.314 e. The Kier molecular flexibility index (Phi) is 9.17. The topological polar surface area (TPSA) is 87.9 Å². The van der Waals surface area contributed by atoms with Crippen molar-refractivity contribution >= 4 is 22.7 Å². The van der Waals surface area contributed by atoms with Crippen LogP contribution in [0.1, 0.15) is 53.7 Å². The molecule has 42 heavy (non-hydrogen) atoms. The van der Waals surface area contributed by atoms with Crippen molar-refractivity contribution in [3.05, 3.63) is 89.4 Å². The SMILES string of the molecule is COc1cc(C(C)=O)ccc1OCCC[N+]1(COC(=O)Cc2ccccc2)CCC(c2noc3cc(F)ccc23)CC1. The van der Waals surface area contributed by atoms with Crippen LogP contribution in [-0.4, -0.2) is 61.5 Å². The summed E-state index contributed by atoms with van der Waals surface area (Å²) in [6.45, 7) is 4.56. The summed E-state index contributed by atoms with van der Waals surface area (Å²) in [5.74, 6) is 0.623. The second kappa shape index (κ2) is 13.2. The standard InChI is InChI=1S/C33H36FN2O6/c1-23(37)26-9-12-29(31(20-26)39-2)40-18-6-15-36(22-41-32(38)19-24-7-4-3-5-8-24)16-13-25(14-17-36)33-28-11-10-27(34)21-30(28)42-35-33/h3-5,7-12,20-21,25H,6,13-19,22H2,1-2H3/q+1. The Balaban J connectivity index is 1.23. The van der Waals surface area contributed by atoms with E-state index >= 15 is 0 Å². The lowest BCUT2D eigenvalue weighted by Crippen LogP contribution is -2.55. The van der Waals surface area contributed by atoms with Crippen LogP contribution in [0.5, 0.6) is 11.5 Å². The number of esters is 1. The Morgan fingerprint density at radius 1 is 1.02 bits per heavy atom. The van der Waals surface area contributed by atoms with Gasteiger partial charge in [-0.1, -0.05) is 35.5 Å². The fraction of sp³-hybridized carbons (Fsp3) is 0.364. The Morgan fingerprint density at radius 3 is 2.55 bits per heavy atom. The molecule has 8 nitrogen and oxygen atoms in total. The van der Waals surface area contributed by atoms with Crippen molar-refractivity contribution in [3.8, 4) is 11.5 Å². The van der Waals surface area contributed by atoms with E-state index in [2.05, 4.69) is 5.16 Å². The maximum absolute atomic E-state index is 13.7. The number of halogens is 1. The largest absolute Gasteiger partial charge is 0.493 e. The van der Waals surface area contributed by atoms with E-state index < -0.39 is 0 Å². The molecule has 1 aromatic heterocycles. The first kappa shape index (κ1) is 29.3. The molecule has 3 aromatic carbocycles. The number of rotatable bonds is 12. The van der Waals surface area contributed by atoms with E-state index in [-0.39, 0.29) is 36.6 Å². The molecule has 0 unspecified atom stereocenters. The van der Waals surface area contributed by atoms with E-state index in [9.17, 15) is 14.0 Å². The van der Waals surface area contributed by atoms with Gasteiger partial charge in [-0.2, -0.15) is 0 Å². The van der Waals surface area contributed by atoms with Gasteiger partial charge in [-0.25, -0.2) is 4.39 Å². The van der Waals surface area contributed by atoms with Crippen molar-refractivity contribution in [2.75, 3.05) is 40.1 Å². The zero-order valence-corrected chi connectivity index (χ0v) is 24.0. The highest BCUT2D eigenvalue weighted by Crippen LogP contribution is 2.35. The number of benzene rings is 3. The molecule has 4 aromatic rings. The summed E-state index contributed by atoms with van der Waals surface area (Å²) < 4.78 is 37.0. The quantitative estimate of drug-likeness (QED) is 0.0875. The molecule has 0 bridgehead atoms. The molecule has 1 saturated heterocycles. The molecule has 0 spiro atoms. The number of ether oxygens (including phenoxy) is 3. The Hall–Kier alpha value is -4.24. The second-order valence-electron chi connectivity index (χ2n) is 10.9. The van der Waals surface area contributed by atoms with Crippen LogP contribution >= 0.6 is 0 Å². The number of ketones is 1. The lowest BCUT2D eigenvalue weighted by atomic mass is 9.90. The van der Waals surface area contributed by atoms with Crippen LogP contribution in [0.15, 0.2) is 71.3 Å².